The Labute approximate surface area is 117 Å². The quantitative estimate of drug-likeness (QED) is 0.854. The lowest BCUT2D eigenvalue weighted by atomic mass is 10.1. The van der Waals surface area contributed by atoms with Crippen LogP contribution >= 0.6 is 11.6 Å². The monoisotopic (exact) mass is 299 g/mol. The molecule has 7 heteroatoms. The third-order valence-electron chi connectivity index (χ3n) is 2.65. The topological polar surface area (TPSA) is 64.0 Å². The molecule has 0 radical (unpaired) electrons. The molecule has 0 fully saturated rings. The number of alkyl halides is 1. The van der Waals surface area contributed by atoms with Gasteiger partial charge in [0.15, 0.2) is 0 Å². The van der Waals surface area contributed by atoms with Crippen LogP contribution in [-0.4, -0.2) is 24.1 Å². The lowest BCUT2D eigenvalue weighted by Crippen LogP contribution is -2.29. The summed E-state index contributed by atoms with van der Waals surface area (Å²) in [5, 5.41) is 3.85. The lowest BCUT2D eigenvalue weighted by Gasteiger charge is -2.15. The van der Waals surface area contributed by atoms with Gasteiger partial charge in [0.2, 0.25) is 10.0 Å². The van der Waals surface area contributed by atoms with Crippen LogP contribution in [0.15, 0.2) is 47.6 Å². The van der Waals surface area contributed by atoms with E-state index in [4.69, 9.17) is 11.6 Å². The minimum atomic E-state index is -3.62. The maximum atomic E-state index is 12.2. The van der Waals surface area contributed by atoms with E-state index < -0.39 is 16.1 Å². The van der Waals surface area contributed by atoms with Crippen LogP contribution in [0.3, 0.4) is 0 Å². The molecule has 1 atom stereocenters. The summed E-state index contributed by atoms with van der Waals surface area (Å²) in [6, 6.07) is 8.75. The molecular weight excluding hydrogens is 286 g/mol. The average molecular weight is 300 g/mol. The third kappa shape index (κ3) is 3.34. The van der Waals surface area contributed by atoms with E-state index >= 15 is 0 Å². The van der Waals surface area contributed by atoms with Crippen LogP contribution in [0, 0.1) is 0 Å². The van der Waals surface area contributed by atoms with E-state index in [1.807, 2.05) is 30.3 Å². The number of nitrogens with one attached hydrogen (secondary N) is 1. The number of benzene rings is 1. The van der Waals surface area contributed by atoms with E-state index in [-0.39, 0.29) is 10.8 Å². The van der Waals surface area contributed by atoms with Crippen molar-refractivity contribution in [2.75, 3.05) is 5.88 Å². The van der Waals surface area contributed by atoms with Crippen LogP contribution in [0.4, 0.5) is 0 Å². The van der Waals surface area contributed by atoms with Crippen LogP contribution in [0.5, 0.6) is 0 Å². The van der Waals surface area contributed by atoms with Gasteiger partial charge in [0.05, 0.1) is 12.2 Å². The summed E-state index contributed by atoms with van der Waals surface area (Å²) >= 11 is 5.85. The Morgan fingerprint density at radius 2 is 2.05 bits per heavy atom. The minimum Gasteiger partial charge on any atom is -0.274 e. The molecule has 0 amide bonds. The first-order chi connectivity index (χ1) is 9.03. The van der Waals surface area contributed by atoms with E-state index in [0.29, 0.717) is 0 Å². The Kier molecular flexibility index (Phi) is 4.24. The summed E-state index contributed by atoms with van der Waals surface area (Å²) in [5.74, 6) is 0.156. The Balaban J connectivity index is 2.23. The molecule has 1 heterocycles. The van der Waals surface area contributed by atoms with Crippen molar-refractivity contribution in [3.8, 4) is 0 Å². The molecule has 1 N–H and O–H groups in total. The van der Waals surface area contributed by atoms with Gasteiger partial charge >= 0.3 is 0 Å². The van der Waals surface area contributed by atoms with Crippen molar-refractivity contribution < 1.29 is 8.42 Å². The van der Waals surface area contributed by atoms with E-state index in [9.17, 15) is 8.42 Å². The standard InChI is InChI=1S/C12H14ClN3O2S/c1-16-9-11(8-14-16)19(17,18)15-12(7-13)10-5-3-2-4-6-10/h2-6,8-9,12,15H,7H2,1H3. The predicted molar refractivity (Wildman–Crippen MR) is 73.4 cm³/mol. The fourth-order valence-corrected chi connectivity index (χ4v) is 3.22. The van der Waals surface area contributed by atoms with Crippen molar-refractivity contribution in [2.24, 2.45) is 7.05 Å². The van der Waals surface area contributed by atoms with Crippen LogP contribution in [0.1, 0.15) is 11.6 Å². The molecule has 2 aromatic rings. The summed E-state index contributed by atoms with van der Waals surface area (Å²) in [6.45, 7) is 0. The van der Waals surface area contributed by atoms with Gasteiger partial charge in [-0.15, -0.1) is 11.6 Å². The zero-order valence-electron chi connectivity index (χ0n) is 10.3. The Bertz CT molecular complexity index is 640. The molecule has 19 heavy (non-hydrogen) atoms. The summed E-state index contributed by atoms with van der Waals surface area (Å²) in [5.41, 5.74) is 0.824. The van der Waals surface area contributed by atoms with Gasteiger partial charge < -0.3 is 0 Å². The van der Waals surface area contributed by atoms with Gasteiger partial charge in [-0.25, -0.2) is 13.1 Å². The maximum absolute atomic E-state index is 12.2. The molecule has 0 aliphatic heterocycles. The number of sulfonamides is 1. The fourth-order valence-electron chi connectivity index (χ4n) is 1.67. The molecule has 1 aromatic carbocycles. The molecule has 0 saturated heterocycles. The van der Waals surface area contributed by atoms with Crippen LogP contribution in [0.25, 0.3) is 0 Å². The Morgan fingerprint density at radius 3 is 2.58 bits per heavy atom. The second-order valence-electron chi connectivity index (χ2n) is 4.09. The van der Waals surface area contributed by atoms with Crippen molar-refractivity contribution in [1.29, 1.82) is 0 Å². The Morgan fingerprint density at radius 1 is 1.37 bits per heavy atom. The summed E-state index contributed by atoms with van der Waals surface area (Å²) < 4.78 is 28.3. The number of rotatable bonds is 5. The largest absolute Gasteiger partial charge is 0.274 e. The minimum absolute atomic E-state index is 0.126. The maximum Gasteiger partial charge on any atom is 0.244 e. The van der Waals surface area contributed by atoms with Crippen LogP contribution in [-0.2, 0) is 17.1 Å². The molecular formula is C12H14ClN3O2S. The van der Waals surface area contributed by atoms with Gasteiger partial charge in [-0.05, 0) is 5.56 Å². The summed E-state index contributed by atoms with van der Waals surface area (Å²) in [6.07, 6.45) is 2.75. The molecule has 0 aliphatic carbocycles. The lowest BCUT2D eigenvalue weighted by molar-refractivity contribution is 0.567. The highest BCUT2D eigenvalue weighted by Crippen LogP contribution is 2.18. The van der Waals surface area contributed by atoms with Gasteiger partial charge in [0.25, 0.3) is 0 Å². The second kappa shape index (κ2) is 5.73. The summed E-state index contributed by atoms with van der Waals surface area (Å²) in [4.78, 5) is 0.126. The second-order valence-corrected chi connectivity index (χ2v) is 6.11. The fraction of sp³-hybridized carbons (Fsp3) is 0.250. The van der Waals surface area contributed by atoms with E-state index in [1.54, 1.807) is 7.05 Å². The van der Waals surface area contributed by atoms with Crippen molar-refractivity contribution in [1.82, 2.24) is 14.5 Å². The average Bonchev–Trinajstić information content (AvgIpc) is 2.85. The number of hydrogen-bond acceptors (Lipinski definition) is 3. The molecule has 0 spiro atoms. The highest BCUT2D eigenvalue weighted by molar-refractivity contribution is 7.89. The third-order valence-corrected chi connectivity index (χ3v) is 4.38. The molecule has 5 nitrogen and oxygen atoms in total. The van der Waals surface area contributed by atoms with Crippen molar-refractivity contribution in [3.05, 3.63) is 48.3 Å². The van der Waals surface area contributed by atoms with Crippen molar-refractivity contribution >= 4 is 21.6 Å². The van der Waals surface area contributed by atoms with Gasteiger partial charge in [0, 0.05) is 19.1 Å². The van der Waals surface area contributed by atoms with Crippen molar-refractivity contribution in [2.45, 2.75) is 10.9 Å². The molecule has 2 rings (SSSR count). The van der Waals surface area contributed by atoms with E-state index in [0.717, 1.165) is 5.56 Å². The highest BCUT2D eigenvalue weighted by Gasteiger charge is 2.21. The molecule has 0 bridgehead atoms. The van der Waals surface area contributed by atoms with Crippen LogP contribution < -0.4 is 4.72 Å². The van der Waals surface area contributed by atoms with Gasteiger partial charge in [0.1, 0.15) is 4.90 Å². The van der Waals surface area contributed by atoms with E-state index in [1.165, 1.54) is 17.1 Å². The normalized spacial score (nSPS) is 13.4. The first kappa shape index (κ1) is 14.0. The Hall–Kier alpha value is -1.37. The van der Waals surface area contributed by atoms with Crippen molar-refractivity contribution in [3.63, 3.8) is 0 Å². The summed E-state index contributed by atoms with van der Waals surface area (Å²) in [7, 11) is -1.95. The molecule has 1 unspecified atom stereocenters. The number of aromatic nitrogens is 2. The van der Waals surface area contributed by atoms with Crippen LogP contribution in [0.2, 0.25) is 0 Å². The molecule has 0 aliphatic rings. The SMILES string of the molecule is Cn1cc(S(=O)(=O)NC(CCl)c2ccccc2)cn1. The molecule has 1 aromatic heterocycles. The molecule has 102 valence electrons. The smallest absolute Gasteiger partial charge is 0.244 e. The first-order valence-corrected chi connectivity index (χ1v) is 7.66. The number of nitrogens with zero attached hydrogens (tertiary/aromatic N) is 2. The zero-order valence-corrected chi connectivity index (χ0v) is 11.9. The van der Waals surface area contributed by atoms with Gasteiger partial charge in [-0.1, -0.05) is 30.3 Å². The number of aryl methyl sites for hydroxylation is 1. The number of hydrogen-bond donors (Lipinski definition) is 1. The highest BCUT2D eigenvalue weighted by atomic mass is 35.5. The van der Waals surface area contributed by atoms with Gasteiger partial charge in [-0.3, -0.25) is 4.68 Å². The number of halogens is 1. The van der Waals surface area contributed by atoms with Gasteiger partial charge in [-0.2, -0.15) is 5.10 Å². The molecule has 0 saturated carbocycles. The zero-order chi connectivity index (χ0) is 13.9. The van der Waals surface area contributed by atoms with E-state index in [2.05, 4.69) is 9.82 Å². The first-order valence-electron chi connectivity index (χ1n) is 5.65. The predicted octanol–water partition coefficient (Wildman–Crippen LogP) is 1.68.